The molecule has 2 amide bonds. The molecule has 1 aromatic heterocycles. The van der Waals surface area contributed by atoms with E-state index in [0.717, 1.165) is 25.7 Å². The number of ether oxygens (including phenoxy) is 1. The van der Waals surface area contributed by atoms with Crippen molar-refractivity contribution in [3.05, 3.63) is 29.6 Å². The molecule has 30 heavy (non-hydrogen) atoms. The van der Waals surface area contributed by atoms with Crippen LogP contribution < -0.4 is 5.73 Å². The van der Waals surface area contributed by atoms with Gasteiger partial charge in [0.15, 0.2) is 5.78 Å². The Labute approximate surface area is 181 Å². The van der Waals surface area contributed by atoms with Crippen molar-refractivity contribution in [1.29, 1.82) is 0 Å². The summed E-state index contributed by atoms with van der Waals surface area (Å²) in [7, 11) is 0. The summed E-state index contributed by atoms with van der Waals surface area (Å²) in [5.41, 5.74) is 6.49. The highest BCUT2D eigenvalue weighted by atomic mass is 35.5. The van der Waals surface area contributed by atoms with Gasteiger partial charge in [-0.15, -0.1) is 11.6 Å². The fourth-order valence-electron chi connectivity index (χ4n) is 5.17. The molecule has 7 nitrogen and oxygen atoms in total. The van der Waals surface area contributed by atoms with Gasteiger partial charge in [-0.2, -0.15) is 0 Å². The number of halogens is 1. The molecule has 0 radical (unpaired) electrons. The van der Waals surface area contributed by atoms with Crippen molar-refractivity contribution in [3.8, 4) is 0 Å². The molecule has 4 rings (SSSR count). The number of nitrogens with zero attached hydrogens (tertiary/aromatic N) is 2. The standard InChI is InChI=1S/C22H28ClN3O4/c1-22(2)7-5-12(6-8-22)16(17-13(20(24)28)4-3-9-25-17)21(29)26-10-14(23)19-18(26)15(27)11-30-19/h3-4,9,12,14,16,18-19H,5-8,10-11H2,1-2H3,(H2,24,28)/t14-,16-,18+,19+/m0/s1. The van der Waals surface area contributed by atoms with Gasteiger partial charge in [-0.05, 0) is 49.1 Å². The molecular weight excluding hydrogens is 406 g/mol. The summed E-state index contributed by atoms with van der Waals surface area (Å²) in [6, 6.07) is 2.59. The van der Waals surface area contributed by atoms with Gasteiger partial charge in [-0.1, -0.05) is 13.8 Å². The molecule has 0 bridgehead atoms. The lowest BCUT2D eigenvalue weighted by Crippen LogP contribution is -2.46. The number of primary amides is 1. The highest BCUT2D eigenvalue weighted by molar-refractivity contribution is 6.22. The van der Waals surface area contributed by atoms with E-state index in [-0.39, 0.29) is 41.7 Å². The maximum absolute atomic E-state index is 13.9. The number of pyridine rings is 1. The van der Waals surface area contributed by atoms with Gasteiger partial charge in [-0.25, -0.2) is 0 Å². The van der Waals surface area contributed by atoms with Crippen LogP contribution in [0.5, 0.6) is 0 Å². The van der Waals surface area contributed by atoms with E-state index in [9.17, 15) is 14.4 Å². The molecule has 4 atom stereocenters. The molecular formula is C22H28ClN3O4. The van der Waals surface area contributed by atoms with Crippen molar-refractivity contribution in [2.75, 3.05) is 13.2 Å². The second-order valence-electron chi connectivity index (χ2n) is 9.47. The molecule has 3 heterocycles. The van der Waals surface area contributed by atoms with Gasteiger partial charge in [-0.3, -0.25) is 19.4 Å². The molecule has 1 aliphatic carbocycles. The van der Waals surface area contributed by atoms with Gasteiger partial charge in [0.25, 0.3) is 5.91 Å². The Hall–Kier alpha value is -1.99. The largest absolute Gasteiger partial charge is 0.366 e. The van der Waals surface area contributed by atoms with Crippen LogP contribution in [-0.4, -0.2) is 58.2 Å². The first-order valence-corrected chi connectivity index (χ1v) is 11.0. The highest BCUT2D eigenvalue weighted by Gasteiger charge is 2.53. The molecule has 8 heteroatoms. The third-order valence-electron chi connectivity index (χ3n) is 6.93. The third-order valence-corrected chi connectivity index (χ3v) is 7.31. The summed E-state index contributed by atoms with van der Waals surface area (Å²) in [4.78, 5) is 44.4. The number of ketones is 1. The first-order valence-electron chi connectivity index (χ1n) is 10.5. The minimum absolute atomic E-state index is 0.0174. The number of hydrogen-bond acceptors (Lipinski definition) is 5. The molecule has 3 aliphatic rings. The minimum atomic E-state index is -0.664. The molecule has 2 aliphatic heterocycles. The number of hydrogen-bond donors (Lipinski definition) is 1. The molecule has 0 spiro atoms. The fourth-order valence-corrected chi connectivity index (χ4v) is 5.53. The summed E-state index contributed by atoms with van der Waals surface area (Å²) < 4.78 is 5.54. The van der Waals surface area contributed by atoms with Crippen LogP contribution in [0.25, 0.3) is 0 Å². The normalized spacial score (nSPS) is 29.6. The molecule has 1 saturated carbocycles. The minimum Gasteiger partial charge on any atom is -0.366 e. The van der Waals surface area contributed by atoms with Gasteiger partial charge in [0.2, 0.25) is 5.91 Å². The number of likely N-dealkylation sites (tertiary alicyclic amines) is 1. The zero-order valence-corrected chi connectivity index (χ0v) is 18.1. The average Bonchev–Trinajstić information content (AvgIpc) is 3.24. The van der Waals surface area contributed by atoms with Crippen LogP contribution in [0.15, 0.2) is 18.3 Å². The Morgan fingerprint density at radius 2 is 2.03 bits per heavy atom. The Bertz CT molecular complexity index is 864. The van der Waals surface area contributed by atoms with Crippen molar-refractivity contribution < 1.29 is 19.1 Å². The monoisotopic (exact) mass is 433 g/mol. The Morgan fingerprint density at radius 3 is 2.70 bits per heavy atom. The average molecular weight is 434 g/mol. The lowest BCUT2D eigenvalue weighted by molar-refractivity contribution is -0.139. The summed E-state index contributed by atoms with van der Waals surface area (Å²) in [5.74, 6) is -1.57. The van der Waals surface area contributed by atoms with Gasteiger partial charge >= 0.3 is 0 Å². The van der Waals surface area contributed by atoms with Crippen molar-refractivity contribution in [1.82, 2.24) is 9.88 Å². The number of fused-ring (bicyclic) bond motifs is 1. The zero-order chi connectivity index (χ0) is 21.6. The summed E-state index contributed by atoms with van der Waals surface area (Å²) >= 11 is 6.41. The van der Waals surface area contributed by atoms with Crippen molar-refractivity contribution in [2.45, 2.75) is 63.0 Å². The van der Waals surface area contributed by atoms with Crippen LogP contribution >= 0.6 is 11.6 Å². The SMILES string of the molecule is CC1(C)CCC([C@H](C(=O)N2C[C@H](Cl)[C@H]3OCC(=O)[C@H]32)c2ncccc2C(N)=O)CC1. The number of Topliss-reactive ketones (excluding diaryl/α,β-unsaturated/α-hetero) is 1. The Morgan fingerprint density at radius 1 is 1.33 bits per heavy atom. The van der Waals surface area contributed by atoms with Crippen LogP contribution in [0.4, 0.5) is 0 Å². The zero-order valence-electron chi connectivity index (χ0n) is 17.3. The number of carbonyl (C=O) groups excluding carboxylic acids is 3. The van der Waals surface area contributed by atoms with Crippen LogP contribution in [0.2, 0.25) is 0 Å². The first-order chi connectivity index (χ1) is 14.2. The second-order valence-corrected chi connectivity index (χ2v) is 10.0. The van der Waals surface area contributed by atoms with E-state index >= 15 is 0 Å². The van der Waals surface area contributed by atoms with E-state index < -0.39 is 29.3 Å². The third kappa shape index (κ3) is 3.73. The quantitative estimate of drug-likeness (QED) is 0.733. The van der Waals surface area contributed by atoms with E-state index in [0.29, 0.717) is 5.69 Å². The smallest absolute Gasteiger partial charge is 0.250 e. The molecule has 2 saturated heterocycles. The van der Waals surface area contributed by atoms with Crippen molar-refractivity contribution >= 4 is 29.2 Å². The number of nitrogens with two attached hydrogens (primary N) is 1. The maximum Gasteiger partial charge on any atom is 0.250 e. The number of alkyl halides is 1. The predicted molar refractivity (Wildman–Crippen MR) is 111 cm³/mol. The van der Waals surface area contributed by atoms with Crippen LogP contribution in [0, 0.1) is 11.3 Å². The maximum atomic E-state index is 13.9. The molecule has 3 fully saturated rings. The number of amides is 2. The lowest BCUT2D eigenvalue weighted by Gasteiger charge is -2.39. The van der Waals surface area contributed by atoms with Gasteiger partial charge < -0.3 is 15.4 Å². The molecule has 0 unspecified atom stereocenters. The Balaban J connectivity index is 1.72. The highest BCUT2D eigenvalue weighted by Crippen LogP contribution is 2.45. The van der Waals surface area contributed by atoms with Gasteiger partial charge in [0.1, 0.15) is 18.8 Å². The molecule has 0 aromatic carbocycles. The number of aromatic nitrogens is 1. The van der Waals surface area contributed by atoms with Crippen LogP contribution in [0.3, 0.4) is 0 Å². The van der Waals surface area contributed by atoms with E-state index in [1.54, 1.807) is 23.2 Å². The molecule has 1 aromatic rings. The molecule has 162 valence electrons. The van der Waals surface area contributed by atoms with Crippen LogP contribution in [0.1, 0.15) is 61.5 Å². The topological polar surface area (TPSA) is 103 Å². The van der Waals surface area contributed by atoms with E-state index in [2.05, 4.69) is 18.8 Å². The van der Waals surface area contributed by atoms with Crippen LogP contribution in [-0.2, 0) is 14.3 Å². The molecule has 2 N–H and O–H groups in total. The summed E-state index contributed by atoms with van der Waals surface area (Å²) in [5, 5.41) is -0.435. The predicted octanol–water partition coefficient (Wildman–Crippen LogP) is 2.27. The summed E-state index contributed by atoms with van der Waals surface area (Å²) in [6.45, 7) is 4.68. The number of carbonyl (C=O) groups is 3. The van der Waals surface area contributed by atoms with Gasteiger partial charge in [0, 0.05) is 12.7 Å². The van der Waals surface area contributed by atoms with E-state index in [4.69, 9.17) is 22.1 Å². The van der Waals surface area contributed by atoms with E-state index in [1.165, 1.54) is 0 Å². The fraction of sp³-hybridized carbons (Fsp3) is 0.636. The van der Waals surface area contributed by atoms with Crippen molar-refractivity contribution in [3.63, 3.8) is 0 Å². The number of rotatable bonds is 4. The van der Waals surface area contributed by atoms with Crippen molar-refractivity contribution in [2.24, 2.45) is 17.1 Å². The Kier molecular flexibility index (Phi) is 5.62. The second kappa shape index (κ2) is 7.93. The first kappa shape index (κ1) is 21.2. The summed E-state index contributed by atoms with van der Waals surface area (Å²) in [6.07, 6.45) is 4.74. The lowest BCUT2D eigenvalue weighted by atomic mass is 9.68. The van der Waals surface area contributed by atoms with E-state index in [1.807, 2.05) is 0 Å². The van der Waals surface area contributed by atoms with Gasteiger partial charge in [0.05, 0.1) is 22.6 Å².